The zero-order chi connectivity index (χ0) is 19.1. The molecular weight excluding hydrogens is 328 g/mol. The van der Waals surface area contributed by atoms with E-state index in [9.17, 15) is 9.59 Å². The van der Waals surface area contributed by atoms with Crippen LogP contribution in [-0.4, -0.2) is 32.5 Å². The molecule has 134 valence electrons. The highest BCUT2D eigenvalue weighted by atomic mass is 16.2. The van der Waals surface area contributed by atoms with Gasteiger partial charge in [-0.3, -0.25) is 9.59 Å². The van der Waals surface area contributed by atoms with Crippen LogP contribution in [0.15, 0.2) is 48.5 Å². The fourth-order valence-corrected chi connectivity index (χ4v) is 2.46. The molecule has 0 fully saturated rings. The summed E-state index contributed by atoms with van der Waals surface area (Å²) < 4.78 is 0. The first-order chi connectivity index (χ1) is 12.4. The minimum absolute atomic E-state index is 0.117. The molecule has 0 atom stereocenters. The van der Waals surface area contributed by atoms with Gasteiger partial charge in [0.25, 0.3) is 0 Å². The van der Waals surface area contributed by atoms with Crippen molar-refractivity contribution in [2.24, 2.45) is 0 Å². The van der Waals surface area contributed by atoms with Gasteiger partial charge in [0.15, 0.2) is 0 Å². The van der Waals surface area contributed by atoms with Gasteiger partial charge in [0, 0.05) is 51.0 Å². The van der Waals surface area contributed by atoms with Crippen LogP contribution < -0.4 is 15.1 Å². The minimum atomic E-state index is -0.189. The van der Waals surface area contributed by atoms with Crippen molar-refractivity contribution in [1.29, 1.82) is 5.26 Å². The molecule has 6 nitrogen and oxygen atoms in total. The van der Waals surface area contributed by atoms with Crippen LogP contribution in [0.4, 0.5) is 17.1 Å². The molecule has 0 bridgehead atoms. The maximum atomic E-state index is 12.1. The number of anilines is 3. The van der Waals surface area contributed by atoms with Gasteiger partial charge >= 0.3 is 0 Å². The fourth-order valence-electron chi connectivity index (χ4n) is 2.46. The van der Waals surface area contributed by atoms with Gasteiger partial charge in [-0.15, -0.1) is 0 Å². The molecule has 0 aliphatic carbocycles. The maximum Gasteiger partial charge on any atom is 0.226 e. The highest BCUT2D eigenvalue weighted by molar-refractivity contribution is 5.94. The Morgan fingerprint density at radius 3 is 2.08 bits per heavy atom. The third kappa shape index (κ3) is 5.08. The largest absolute Gasteiger partial charge is 0.378 e. The molecule has 2 rings (SSSR count). The van der Waals surface area contributed by atoms with Crippen molar-refractivity contribution in [3.05, 3.63) is 54.1 Å². The molecule has 6 heteroatoms. The van der Waals surface area contributed by atoms with Gasteiger partial charge in [-0.05, 0) is 48.5 Å². The smallest absolute Gasteiger partial charge is 0.226 e. The molecule has 0 saturated carbocycles. The quantitative estimate of drug-likeness (QED) is 0.869. The predicted octanol–water partition coefficient (Wildman–Crippen LogP) is 3.01. The third-order valence-corrected chi connectivity index (χ3v) is 3.92. The SMILES string of the molecule is CC(=O)N(CCC(=O)Nc1ccc(C#N)cc1)c1ccc(N(C)C)cc1. The summed E-state index contributed by atoms with van der Waals surface area (Å²) in [6, 6.07) is 16.3. The Morgan fingerprint density at radius 2 is 1.58 bits per heavy atom. The first-order valence-electron chi connectivity index (χ1n) is 8.26. The molecule has 2 amide bonds. The first kappa shape index (κ1) is 19.0. The zero-order valence-corrected chi connectivity index (χ0v) is 15.2. The average Bonchev–Trinajstić information content (AvgIpc) is 2.62. The van der Waals surface area contributed by atoms with E-state index >= 15 is 0 Å². The molecule has 0 heterocycles. The second-order valence-electron chi connectivity index (χ2n) is 6.07. The highest BCUT2D eigenvalue weighted by Gasteiger charge is 2.14. The van der Waals surface area contributed by atoms with E-state index in [-0.39, 0.29) is 18.2 Å². The van der Waals surface area contributed by atoms with Crippen LogP contribution in [0.5, 0.6) is 0 Å². The zero-order valence-electron chi connectivity index (χ0n) is 15.2. The third-order valence-electron chi connectivity index (χ3n) is 3.92. The van der Waals surface area contributed by atoms with Gasteiger partial charge in [0.05, 0.1) is 11.6 Å². The van der Waals surface area contributed by atoms with Crippen LogP contribution in [-0.2, 0) is 9.59 Å². The van der Waals surface area contributed by atoms with Crippen molar-refractivity contribution in [2.75, 3.05) is 35.8 Å². The second kappa shape index (κ2) is 8.67. The summed E-state index contributed by atoms with van der Waals surface area (Å²) in [6.07, 6.45) is 0.176. The van der Waals surface area contributed by atoms with Gasteiger partial charge in [-0.25, -0.2) is 0 Å². The lowest BCUT2D eigenvalue weighted by Gasteiger charge is -2.22. The van der Waals surface area contributed by atoms with Crippen LogP contribution in [0, 0.1) is 11.3 Å². The van der Waals surface area contributed by atoms with Gasteiger partial charge in [-0.1, -0.05) is 0 Å². The Bertz CT molecular complexity index is 805. The van der Waals surface area contributed by atoms with Crippen LogP contribution >= 0.6 is 0 Å². The van der Waals surface area contributed by atoms with E-state index in [1.807, 2.05) is 49.3 Å². The van der Waals surface area contributed by atoms with E-state index in [1.54, 1.807) is 29.2 Å². The Labute approximate surface area is 153 Å². The highest BCUT2D eigenvalue weighted by Crippen LogP contribution is 2.20. The molecule has 0 spiro atoms. The number of amides is 2. The topological polar surface area (TPSA) is 76.4 Å². The lowest BCUT2D eigenvalue weighted by molar-refractivity contribution is -0.117. The number of hydrogen-bond donors (Lipinski definition) is 1. The summed E-state index contributed by atoms with van der Waals surface area (Å²) in [4.78, 5) is 27.7. The lowest BCUT2D eigenvalue weighted by atomic mass is 10.2. The van der Waals surface area contributed by atoms with Crippen molar-refractivity contribution < 1.29 is 9.59 Å². The number of rotatable bonds is 6. The summed E-state index contributed by atoms with van der Waals surface area (Å²) in [5, 5.41) is 11.6. The number of carbonyl (C=O) groups excluding carboxylic acids is 2. The number of carbonyl (C=O) groups is 2. The molecule has 2 aromatic rings. The molecule has 0 saturated heterocycles. The van der Waals surface area contributed by atoms with Crippen molar-refractivity contribution in [3.8, 4) is 6.07 Å². The maximum absolute atomic E-state index is 12.1. The Kier molecular flexibility index (Phi) is 6.34. The molecule has 26 heavy (non-hydrogen) atoms. The van der Waals surface area contributed by atoms with Crippen LogP contribution in [0.1, 0.15) is 18.9 Å². The minimum Gasteiger partial charge on any atom is -0.378 e. The van der Waals surface area contributed by atoms with Crippen LogP contribution in [0.25, 0.3) is 0 Å². The van der Waals surface area contributed by atoms with Crippen molar-refractivity contribution in [3.63, 3.8) is 0 Å². The van der Waals surface area contributed by atoms with Crippen molar-refractivity contribution in [2.45, 2.75) is 13.3 Å². The molecular formula is C20H22N4O2. The predicted molar refractivity (Wildman–Crippen MR) is 103 cm³/mol. The Hall–Kier alpha value is -3.33. The summed E-state index contributed by atoms with van der Waals surface area (Å²) in [5.74, 6) is -0.306. The van der Waals surface area contributed by atoms with E-state index in [0.717, 1.165) is 11.4 Å². The lowest BCUT2D eigenvalue weighted by Crippen LogP contribution is -2.32. The molecule has 0 unspecified atom stereocenters. The van der Waals surface area contributed by atoms with Gasteiger partial charge in [0.2, 0.25) is 11.8 Å². The number of nitriles is 1. The molecule has 0 radical (unpaired) electrons. The molecule has 0 aromatic heterocycles. The number of nitrogens with zero attached hydrogens (tertiary/aromatic N) is 3. The number of benzene rings is 2. The first-order valence-corrected chi connectivity index (χ1v) is 8.26. The number of hydrogen-bond acceptors (Lipinski definition) is 4. The standard InChI is InChI=1S/C20H22N4O2/c1-15(25)24(19-10-8-18(9-11-19)23(2)3)13-12-20(26)22-17-6-4-16(14-21)5-7-17/h4-11H,12-13H2,1-3H3,(H,22,26). The summed E-state index contributed by atoms with van der Waals surface area (Å²) >= 11 is 0. The number of nitrogens with one attached hydrogen (secondary N) is 1. The second-order valence-corrected chi connectivity index (χ2v) is 6.07. The Balaban J connectivity index is 1.98. The van der Waals surface area contributed by atoms with E-state index in [4.69, 9.17) is 5.26 Å². The van der Waals surface area contributed by atoms with E-state index < -0.39 is 0 Å². The van der Waals surface area contributed by atoms with Crippen LogP contribution in [0.2, 0.25) is 0 Å². The van der Waals surface area contributed by atoms with E-state index in [0.29, 0.717) is 17.8 Å². The molecule has 0 aliphatic heterocycles. The van der Waals surface area contributed by atoms with Gasteiger partial charge in [0.1, 0.15) is 0 Å². The van der Waals surface area contributed by atoms with Crippen molar-refractivity contribution >= 4 is 28.9 Å². The summed E-state index contributed by atoms with van der Waals surface area (Å²) in [6.45, 7) is 1.77. The fraction of sp³-hybridized carbons (Fsp3) is 0.250. The monoisotopic (exact) mass is 350 g/mol. The average molecular weight is 350 g/mol. The van der Waals surface area contributed by atoms with E-state index in [1.165, 1.54) is 6.92 Å². The van der Waals surface area contributed by atoms with E-state index in [2.05, 4.69) is 5.32 Å². The summed E-state index contributed by atoms with van der Waals surface area (Å²) in [7, 11) is 3.90. The molecule has 2 aromatic carbocycles. The van der Waals surface area contributed by atoms with Crippen molar-refractivity contribution in [1.82, 2.24) is 0 Å². The van der Waals surface area contributed by atoms with Gasteiger partial charge in [-0.2, -0.15) is 5.26 Å². The Morgan fingerprint density at radius 1 is 1.00 bits per heavy atom. The molecule has 1 N–H and O–H groups in total. The summed E-state index contributed by atoms with van der Waals surface area (Å²) in [5.41, 5.74) is 2.95. The normalized spacial score (nSPS) is 9.92. The van der Waals surface area contributed by atoms with Gasteiger partial charge < -0.3 is 15.1 Å². The van der Waals surface area contributed by atoms with Crippen LogP contribution in [0.3, 0.4) is 0 Å². The molecule has 0 aliphatic rings.